The maximum Gasteiger partial charge on any atom is 0.267 e. The number of hydrazine groups is 1. The SMILES string of the molecule is CN(C)NC(=O)c1ccccc1N(F)CC1=NCCN1. The van der Waals surface area contributed by atoms with Crippen LogP contribution >= 0.6 is 0 Å². The lowest BCUT2D eigenvalue weighted by Gasteiger charge is -2.19. The van der Waals surface area contributed by atoms with Crippen LogP contribution in [0.15, 0.2) is 29.3 Å². The normalized spacial score (nSPS) is 13.9. The van der Waals surface area contributed by atoms with E-state index in [0.29, 0.717) is 17.5 Å². The lowest BCUT2D eigenvalue weighted by atomic mass is 10.1. The monoisotopic (exact) mass is 279 g/mol. The molecule has 0 aliphatic carbocycles. The van der Waals surface area contributed by atoms with Crippen molar-refractivity contribution in [3.63, 3.8) is 0 Å². The molecule has 6 nitrogen and oxygen atoms in total. The van der Waals surface area contributed by atoms with Gasteiger partial charge in [0.2, 0.25) is 0 Å². The number of nitrogens with zero attached hydrogens (tertiary/aromatic N) is 3. The number of rotatable bonds is 5. The highest BCUT2D eigenvalue weighted by atomic mass is 19.2. The van der Waals surface area contributed by atoms with Gasteiger partial charge in [-0.25, -0.2) is 10.1 Å². The van der Waals surface area contributed by atoms with Crippen LogP contribution in [0.4, 0.5) is 10.2 Å². The van der Waals surface area contributed by atoms with Crippen molar-refractivity contribution in [2.24, 2.45) is 4.99 Å². The van der Waals surface area contributed by atoms with Crippen LogP contribution in [0, 0.1) is 0 Å². The van der Waals surface area contributed by atoms with E-state index in [-0.39, 0.29) is 23.7 Å². The van der Waals surface area contributed by atoms with Gasteiger partial charge < -0.3 is 5.32 Å². The highest BCUT2D eigenvalue weighted by Crippen LogP contribution is 2.20. The van der Waals surface area contributed by atoms with Crippen LogP contribution in [0.3, 0.4) is 0 Å². The number of amidine groups is 1. The highest BCUT2D eigenvalue weighted by Gasteiger charge is 2.18. The number of carbonyl (C=O) groups is 1. The van der Waals surface area contributed by atoms with Crippen molar-refractivity contribution < 1.29 is 9.28 Å². The number of amides is 1. The summed E-state index contributed by atoms with van der Waals surface area (Å²) in [6.07, 6.45) is 0. The third-order valence-electron chi connectivity index (χ3n) is 2.77. The third-order valence-corrected chi connectivity index (χ3v) is 2.77. The number of hydrogen-bond acceptors (Lipinski definition) is 5. The number of anilines is 1. The van der Waals surface area contributed by atoms with Crippen molar-refractivity contribution in [3.05, 3.63) is 29.8 Å². The standard InChI is InChI=1S/C13H18FN5O/c1-18(2)17-13(20)10-5-3-4-6-11(10)19(14)9-12-15-7-8-16-12/h3-6H,7-9H2,1-2H3,(H,15,16)(H,17,20). The van der Waals surface area contributed by atoms with Gasteiger partial charge in [0.15, 0.2) is 0 Å². The maximum absolute atomic E-state index is 14.3. The van der Waals surface area contributed by atoms with E-state index in [1.54, 1.807) is 38.4 Å². The first-order valence-electron chi connectivity index (χ1n) is 6.36. The van der Waals surface area contributed by atoms with Gasteiger partial charge >= 0.3 is 0 Å². The molecule has 1 aromatic carbocycles. The van der Waals surface area contributed by atoms with E-state index < -0.39 is 0 Å². The van der Waals surface area contributed by atoms with E-state index in [4.69, 9.17) is 0 Å². The molecule has 108 valence electrons. The van der Waals surface area contributed by atoms with E-state index in [9.17, 15) is 9.28 Å². The van der Waals surface area contributed by atoms with Crippen molar-refractivity contribution in [3.8, 4) is 0 Å². The number of aliphatic imine (C=N–C) groups is 1. The number of halogens is 1. The lowest BCUT2D eigenvalue weighted by molar-refractivity contribution is 0.0857. The van der Waals surface area contributed by atoms with Gasteiger partial charge in [-0.3, -0.25) is 15.2 Å². The van der Waals surface area contributed by atoms with E-state index in [0.717, 1.165) is 6.54 Å². The number of carbonyl (C=O) groups excluding carboxylic acids is 1. The minimum atomic E-state index is -0.352. The number of para-hydroxylation sites is 1. The first kappa shape index (κ1) is 14.3. The average molecular weight is 279 g/mol. The molecule has 1 heterocycles. The quantitative estimate of drug-likeness (QED) is 0.611. The van der Waals surface area contributed by atoms with Gasteiger partial charge in [0.05, 0.1) is 17.8 Å². The molecule has 0 bridgehead atoms. The second kappa shape index (κ2) is 6.33. The van der Waals surface area contributed by atoms with Crippen LogP contribution in [0.25, 0.3) is 0 Å². The summed E-state index contributed by atoms with van der Waals surface area (Å²) < 4.78 is 14.3. The maximum atomic E-state index is 14.3. The molecule has 0 saturated carbocycles. The summed E-state index contributed by atoms with van der Waals surface area (Å²) in [5.74, 6) is 0.241. The molecule has 1 aliphatic rings. The van der Waals surface area contributed by atoms with Crippen LogP contribution in [-0.2, 0) is 0 Å². The van der Waals surface area contributed by atoms with Gasteiger partial charge in [0.25, 0.3) is 5.91 Å². The Bertz CT molecular complexity index is 517. The topological polar surface area (TPSA) is 60.0 Å². The van der Waals surface area contributed by atoms with Crippen LogP contribution in [0.5, 0.6) is 0 Å². The summed E-state index contributed by atoms with van der Waals surface area (Å²) in [7, 11) is 3.40. The molecular formula is C13H18FN5O. The van der Waals surface area contributed by atoms with Crippen molar-refractivity contribution in [2.45, 2.75) is 0 Å². The summed E-state index contributed by atoms with van der Waals surface area (Å²) in [4.78, 5) is 16.2. The predicted octanol–water partition coefficient (Wildman–Crippen LogP) is 0.586. The molecule has 0 aromatic heterocycles. The Kier molecular flexibility index (Phi) is 4.52. The van der Waals surface area contributed by atoms with Gasteiger partial charge in [0, 0.05) is 20.6 Å². The predicted molar refractivity (Wildman–Crippen MR) is 76.4 cm³/mol. The molecule has 0 unspecified atom stereocenters. The molecular weight excluding hydrogens is 261 g/mol. The van der Waals surface area contributed by atoms with Crippen LogP contribution < -0.4 is 15.9 Å². The Morgan fingerprint density at radius 3 is 2.85 bits per heavy atom. The molecule has 1 amide bonds. The van der Waals surface area contributed by atoms with E-state index in [1.807, 2.05) is 0 Å². The zero-order valence-corrected chi connectivity index (χ0v) is 11.6. The summed E-state index contributed by atoms with van der Waals surface area (Å²) in [6.45, 7) is 1.39. The molecule has 1 aromatic rings. The minimum absolute atomic E-state index is 0.00621. The Labute approximate surface area is 117 Å². The fraction of sp³-hybridized carbons (Fsp3) is 0.385. The minimum Gasteiger partial charge on any atom is -0.370 e. The largest absolute Gasteiger partial charge is 0.370 e. The number of benzene rings is 1. The molecule has 2 N–H and O–H groups in total. The van der Waals surface area contributed by atoms with Gasteiger partial charge in [-0.2, -0.15) is 0 Å². The molecule has 20 heavy (non-hydrogen) atoms. The second-order valence-corrected chi connectivity index (χ2v) is 4.63. The highest BCUT2D eigenvalue weighted by molar-refractivity contribution is 6.00. The Hall–Kier alpha value is -2.15. The Balaban J connectivity index is 2.16. The molecule has 7 heteroatoms. The summed E-state index contributed by atoms with van der Waals surface area (Å²) in [5.41, 5.74) is 3.11. The van der Waals surface area contributed by atoms with Gasteiger partial charge in [-0.1, -0.05) is 16.6 Å². The molecule has 0 fully saturated rings. The molecule has 0 radical (unpaired) electrons. The zero-order valence-electron chi connectivity index (χ0n) is 11.6. The molecule has 0 spiro atoms. The fourth-order valence-corrected chi connectivity index (χ4v) is 1.91. The van der Waals surface area contributed by atoms with Gasteiger partial charge in [-0.05, 0) is 12.1 Å². The summed E-state index contributed by atoms with van der Waals surface area (Å²) in [5, 5.41) is 5.05. The Morgan fingerprint density at radius 2 is 2.20 bits per heavy atom. The van der Waals surface area contributed by atoms with Gasteiger partial charge in [0.1, 0.15) is 12.4 Å². The van der Waals surface area contributed by atoms with E-state index in [2.05, 4.69) is 15.7 Å². The fourth-order valence-electron chi connectivity index (χ4n) is 1.91. The van der Waals surface area contributed by atoms with E-state index in [1.165, 1.54) is 5.01 Å². The second-order valence-electron chi connectivity index (χ2n) is 4.63. The zero-order chi connectivity index (χ0) is 14.5. The smallest absolute Gasteiger partial charge is 0.267 e. The van der Waals surface area contributed by atoms with Crippen LogP contribution in [0.1, 0.15) is 10.4 Å². The first-order chi connectivity index (χ1) is 9.58. The summed E-state index contributed by atoms with van der Waals surface area (Å²) >= 11 is 0. The summed E-state index contributed by atoms with van der Waals surface area (Å²) in [6, 6.07) is 6.55. The molecule has 2 rings (SSSR count). The van der Waals surface area contributed by atoms with Crippen molar-refractivity contribution in [1.29, 1.82) is 0 Å². The first-order valence-corrected chi connectivity index (χ1v) is 6.36. The van der Waals surface area contributed by atoms with E-state index >= 15 is 0 Å². The molecule has 0 saturated heterocycles. The van der Waals surface area contributed by atoms with Crippen molar-refractivity contribution >= 4 is 17.4 Å². The van der Waals surface area contributed by atoms with Gasteiger partial charge in [-0.15, -0.1) is 0 Å². The van der Waals surface area contributed by atoms with Crippen LogP contribution in [0.2, 0.25) is 0 Å². The van der Waals surface area contributed by atoms with Crippen molar-refractivity contribution in [1.82, 2.24) is 15.8 Å². The molecule has 0 atom stereocenters. The number of nitrogens with one attached hydrogen (secondary N) is 2. The third kappa shape index (κ3) is 3.45. The Morgan fingerprint density at radius 1 is 1.45 bits per heavy atom. The number of hydrogen-bond donors (Lipinski definition) is 2. The molecule has 1 aliphatic heterocycles. The van der Waals surface area contributed by atoms with Crippen molar-refractivity contribution in [2.75, 3.05) is 38.9 Å². The average Bonchev–Trinajstić information content (AvgIpc) is 2.90. The van der Waals surface area contributed by atoms with Crippen LogP contribution in [-0.4, -0.2) is 50.5 Å². The lowest BCUT2D eigenvalue weighted by Crippen LogP contribution is -2.37.